The molecule has 0 spiro atoms. The predicted molar refractivity (Wildman–Crippen MR) is 51.1 cm³/mol. The molecule has 12 heavy (non-hydrogen) atoms. The highest BCUT2D eigenvalue weighted by Crippen LogP contribution is 1.99. The van der Waals surface area contributed by atoms with E-state index in [4.69, 9.17) is 11.6 Å². The second-order valence-electron chi connectivity index (χ2n) is 2.44. The summed E-state index contributed by atoms with van der Waals surface area (Å²) >= 11 is 5.51. The van der Waals surface area contributed by atoms with E-state index in [-0.39, 0.29) is 0 Å². The number of aryl methyl sites for hydroxylation is 1. The van der Waals surface area contributed by atoms with Crippen molar-refractivity contribution in [1.82, 2.24) is 9.97 Å². The van der Waals surface area contributed by atoms with Crippen LogP contribution in [0.3, 0.4) is 0 Å². The molecular weight excluding hydrogens is 172 g/mol. The third-order valence-electron chi connectivity index (χ3n) is 1.39. The lowest BCUT2D eigenvalue weighted by Crippen LogP contribution is -1.85. The molecule has 1 heterocycles. The molecule has 0 aliphatic heterocycles. The molecule has 0 bridgehead atoms. The molecule has 0 saturated heterocycles. The van der Waals surface area contributed by atoms with E-state index >= 15 is 0 Å². The van der Waals surface area contributed by atoms with E-state index in [0.717, 1.165) is 17.8 Å². The van der Waals surface area contributed by atoms with Gasteiger partial charge in [-0.3, -0.25) is 0 Å². The maximum Gasteiger partial charge on any atom is 0.125 e. The number of nitrogens with zero attached hydrogens (tertiary/aromatic N) is 2. The number of allylic oxidation sites excluding steroid dienone is 1. The lowest BCUT2D eigenvalue weighted by molar-refractivity contribution is 1.05. The van der Waals surface area contributed by atoms with E-state index in [0.29, 0.717) is 5.88 Å². The van der Waals surface area contributed by atoms with Gasteiger partial charge in [-0.05, 0) is 13.3 Å². The van der Waals surface area contributed by atoms with Gasteiger partial charge in [0.15, 0.2) is 0 Å². The van der Waals surface area contributed by atoms with Crippen LogP contribution in [0, 0.1) is 6.92 Å². The highest BCUT2D eigenvalue weighted by Gasteiger charge is 1.87. The Bertz CT molecular complexity index is 254. The van der Waals surface area contributed by atoms with Crippen molar-refractivity contribution in [2.45, 2.75) is 13.3 Å². The zero-order valence-corrected chi connectivity index (χ0v) is 7.75. The van der Waals surface area contributed by atoms with E-state index < -0.39 is 0 Å². The Morgan fingerprint density at radius 2 is 2.08 bits per heavy atom. The van der Waals surface area contributed by atoms with Crippen molar-refractivity contribution in [2.24, 2.45) is 0 Å². The van der Waals surface area contributed by atoms with Crippen LogP contribution in [0.5, 0.6) is 0 Å². The fourth-order valence-electron chi connectivity index (χ4n) is 0.771. The molecule has 0 saturated carbocycles. The second-order valence-corrected chi connectivity index (χ2v) is 2.82. The first kappa shape index (κ1) is 9.20. The number of aromatic nitrogens is 2. The maximum atomic E-state index is 5.51. The van der Waals surface area contributed by atoms with Gasteiger partial charge in [0.1, 0.15) is 5.82 Å². The molecular formula is C9H11ClN2. The van der Waals surface area contributed by atoms with E-state index in [1.165, 1.54) is 0 Å². The molecule has 2 nitrogen and oxygen atoms in total. The van der Waals surface area contributed by atoms with Crippen molar-refractivity contribution in [3.63, 3.8) is 0 Å². The number of hydrogen-bond acceptors (Lipinski definition) is 2. The van der Waals surface area contributed by atoms with Gasteiger partial charge in [0.05, 0.1) is 0 Å². The normalized spacial score (nSPS) is 10.8. The van der Waals surface area contributed by atoms with Crippen LogP contribution in [0.4, 0.5) is 0 Å². The van der Waals surface area contributed by atoms with Crippen LogP contribution in [-0.2, 0) is 0 Å². The summed E-state index contributed by atoms with van der Waals surface area (Å²) < 4.78 is 0. The summed E-state index contributed by atoms with van der Waals surface area (Å²) in [7, 11) is 0. The molecule has 1 aromatic heterocycles. The topological polar surface area (TPSA) is 25.8 Å². The standard InChI is InChI=1S/C9H11ClN2/c1-8-11-6-9(7-12-8)4-2-3-5-10/h2,4,6-7H,3,5H2,1H3. The van der Waals surface area contributed by atoms with Gasteiger partial charge in [0.25, 0.3) is 0 Å². The van der Waals surface area contributed by atoms with Gasteiger partial charge in [-0.25, -0.2) is 9.97 Å². The average molecular weight is 183 g/mol. The monoisotopic (exact) mass is 182 g/mol. The van der Waals surface area contributed by atoms with Crippen molar-refractivity contribution in [1.29, 1.82) is 0 Å². The van der Waals surface area contributed by atoms with E-state index in [2.05, 4.69) is 9.97 Å². The molecule has 0 aromatic carbocycles. The van der Waals surface area contributed by atoms with Crippen molar-refractivity contribution in [3.05, 3.63) is 29.9 Å². The van der Waals surface area contributed by atoms with Crippen LogP contribution in [0.1, 0.15) is 17.8 Å². The quantitative estimate of drug-likeness (QED) is 0.671. The summed E-state index contributed by atoms with van der Waals surface area (Å²) in [6.45, 7) is 1.87. The van der Waals surface area contributed by atoms with Crippen LogP contribution < -0.4 is 0 Å². The van der Waals surface area contributed by atoms with Crippen molar-refractivity contribution < 1.29 is 0 Å². The molecule has 1 rings (SSSR count). The van der Waals surface area contributed by atoms with Crippen molar-refractivity contribution >= 4 is 17.7 Å². The third-order valence-corrected chi connectivity index (χ3v) is 1.61. The van der Waals surface area contributed by atoms with Gasteiger partial charge < -0.3 is 0 Å². The number of halogens is 1. The number of rotatable bonds is 3. The third kappa shape index (κ3) is 3.01. The van der Waals surface area contributed by atoms with Crippen LogP contribution in [0.2, 0.25) is 0 Å². The van der Waals surface area contributed by atoms with Gasteiger partial charge in [0, 0.05) is 23.8 Å². The van der Waals surface area contributed by atoms with E-state index in [1.807, 2.05) is 19.1 Å². The molecule has 64 valence electrons. The zero-order chi connectivity index (χ0) is 8.81. The van der Waals surface area contributed by atoms with Gasteiger partial charge in [-0.1, -0.05) is 12.2 Å². The van der Waals surface area contributed by atoms with Crippen LogP contribution in [0.25, 0.3) is 6.08 Å². The summed E-state index contributed by atoms with van der Waals surface area (Å²) in [5, 5.41) is 0. The highest BCUT2D eigenvalue weighted by atomic mass is 35.5. The molecule has 0 N–H and O–H groups in total. The Kier molecular flexibility index (Phi) is 3.74. The van der Waals surface area contributed by atoms with Crippen molar-refractivity contribution in [3.8, 4) is 0 Å². The maximum absolute atomic E-state index is 5.51. The zero-order valence-electron chi connectivity index (χ0n) is 7.00. The van der Waals surface area contributed by atoms with E-state index in [1.54, 1.807) is 12.4 Å². The molecule has 0 unspecified atom stereocenters. The highest BCUT2D eigenvalue weighted by molar-refractivity contribution is 6.17. The minimum Gasteiger partial charge on any atom is -0.241 e. The Balaban J connectivity index is 2.58. The summed E-state index contributed by atoms with van der Waals surface area (Å²) in [4.78, 5) is 8.13. The fraction of sp³-hybridized carbons (Fsp3) is 0.333. The summed E-state index contributed by atoms with van der Waals surface area (Å²) in [5.74, 6) is 1.45. The predicted octanol–water partition coefficient (Wildman–Crippen LogP) is 2.43. The van der Waals surface area contributed by atoms with Crippen LogP contribution >= 0.6 is 11.6 Å². The molecule has 0 fully saturated rings. The Morgan fingerprint density at radius 3 is 2.67 bits per heavy atom. The Morgan fingerprint density at radius 1 is 1.42 bits per heavy atom. The molecule has 0 atom stereocenters. The summed E-state index contributed by atoms with van der Waals surface area (Å²) in [5.41, 5.74) is 1.02. The first-order valence-electron chi connectivity index (χ1n) is 3.84. The van der Waals surface area contributed by atoms with Crippen LogP contribution in [-0.4, -0.2) is 15.8 Å². The minimum absolute atomic E-state index is 0.656. The molecule has 1 aromatic rings. The lowest BCUT2D eigenvalue weighted by atomic mass is 10.3. The first-order chi connectivity index (χ1) is 5.83. The average Bonchev–Trinajstić information content (AvgIpc) is 2.09. The second kappa shape index (κ2) is 4.88. The van der Waals surface area contributed by atoms with Gasteiger partial charge in [-0.15, -0.1) is 11.6 Å². The van der Waals surface area contributed by atoms with Gasteiger partial charge >= 0.3 is 0 Å². The fourth-order valence-corrected chi connectivity index (χ4v) is 0.897. The smallest absolute Gasteiger partial charge is 0.125 e. The number of hydrogen-bond donors (Lipinski definition) is 0. The van der Waals surface area contributed by atoms with Crippen LogP contribution in [0.15, 0.2) is 18.5 Å². The molecule has 3 heteroatoms. The van der Waals surface area contributed by atoms with Crippen molar-refractivity contribution in [2.75, 3.05) is 5.88 Å². The largest absolute Gasteiger partial charge is 0.241 e. The summed E-state index contributed by atoms with van der Waals surface area (Å²) in [6.07, 6.45) is 8.47. The molecule has 0 aliphatic rings. The Labute approximate surface area is 77.3 Å². The first-order valence-corrected chi connectivity index (χ1v) is 4.37. The molecule has 0 amide bonds. The van der Waals surface area contributed by atoms with Gasteiger partial charge in [0.2, 0.25) is 0 Å². The van der Waals surface area contributed by atoms with E-state index in [9.17, 15) is 0 Å². The molecule has 0 radical (unpaired) electrons. The SMILES string of the molecule is Cc1ncc(C=CCCCl)cn1. The molecule has 0 aliphatic carbocycles. The number of alkyl halides is 1. The summed E-state index contributed by atoms with van der Waals surface area (Å²) in [6, 6.07) is 0. The minimum atomic E-state index is 0.656. The van der Waals surface area contributed by atoms with Gasteiger partial charge in [-0.2, -0.15) is 0 Å². The Hall–Kier alpha value is -0.890. The lowest BCUT2D eigenvalue weighted by Gasteiger charge is -1.92.